The highest BCUT2D eigenvalue weighted by Gasteiger charge is 2.55. The number of hydrogen-bond donors (Lipinski definition) is 0. The zero-order chi connectivity index (χ0) is 10.4. The van der Waals surface area contributed by atoms with Crippen molar-refractivity contribution >= 4 is 10.0 Å². The van der Waals surface area contributed by atoms with Gasteiger partial charge in [-0.1, -0.05) is 0 Å². The van der Waals surface area contributed by atoms with E-state index >= 15 is 0 Å². The van der Waals surface area contributed by atoms with Crippen LogP contribution in [0.3, 0.4) is 0 Å². The molecule has 2 aliphatic rings. The Balaban J connectivity index is 1.98. The lowest BCUT2D eigenvalue weighted by Crippen LogP contribution is -2.38. The molecule has 1 heterocycles. The minimum Gasteiger partial charge on any atom is -0.213 e. The van der Waals surface area contributed by atoms with Gasteiger partial charge in [-0.15, -0.1) is 0 Å². The van der Waals surface area contributed by atoms with Gasteiger partial charge in [0.15, 0.2) is 0 Å². The summed E-state index contributed by atoms with van der Waals surface area (Å²) in [5.74, 6) is 0.184. The molecule has 0 aromatic heterocycles. The first-order chi connectivity index (χ1) is 6.48. The predicted octanol–water partition coefficient (Wildman–Crippen LogP) is 0.572. The highest BCUT2D eigenvalue weighted by Crippen LogP contribution is 2.59. The van der Waals surface area contributed by atoms with E-state index in [0.29, 0.717) is 13.1 Å². The first kappa shape index (κ1) is 9.94. The van der Waals surface area contributed by atoms with Crippen LogP contribution in [0.1, 0.15) is 19.3 Å². The molecule has 0 aromatic carbocycles. The molecule has 2 rings (SSSR count). The molecule has 0 aromatic rings. The molecule has 0 bridgehead atoms. The zero-order valence-electron chi connectivity index (χ0n) is 8.23. The minimum absolute atomic E-state index is 0.177. The summed E-state index contributed by atoms with van der Waals surface area (Å²) in [4.78, 5) is 0. The molecule has 1 saturated carbocycles. The van der Waals surface area contributed by atoms with Crippen molar-refractivity contribution in [1.29, 1.82) is 5.26 Å². The summed E-state index contributed by atoms with van der Waals surface area (Å²) in [6, 6.07) is 2.29. The molecule has 4 nitrogen and oxygen atoms in total. The highest BCUT2D eigenvalue weighted by atomic mass is 32.2. The van der Waals surface area contributed by atoms with Crippen LogP contribution in [0.2, 0.25) is 0 Å². The first-order valence-corrected chi connectivity index (χ1v) is 6.67. The van der Waals surface area contributed by atoms with E-state index in [1.54, 1.807) is 0 Å². The standard InChI is InChI=1S/C9H14N2O2S/c1-14(12,13)11-4-2-9(3-5-11)6-8(9)7-10/h8H,2-6H2,1H3. The summed E-state index contributed by atoms with van der Waals surface area (Å²) in [7, 11) is -3.02. The Bertz CT molecular complexity index is 374. The van der Waals surface area contributed by atoms with Gasteiger partial charge in [0.05, 0.1) is 18.2 Å². The second-order valence-corrected chi connectivity index (χ2v) is 6.39. The topological polar surface area (TPSA) is 61.2 Å². The minimum atomic E-state index is -3.02. The molecule has 5 heteroatoms. The normalized spacial score (nSPS) is 31.3. The Morgan fingerprint density at radius 3 is 2.36 bits per heavy atom. The highest BCUT2D eigenvalue weighted by molar-refractivity contribution is 7.88. The molecule has 0 radical (unpaired) electrons. The third-order valence-corrected chi connectivity index (χ3v) is 4.84. The summed E-state index contributed by atoms with van der Waals surface area (Å²) in [6.07, 6.45) is 3.94. The third-order valence-electron chi connectivity index (χ3n) is 3.53. The Hall–Kier alpha value is -0.600. The van der Waals surface area contributed by atoms with Gasteiger partial charge < -0.3 is 0 Å². The summed E-state index contributed by atoms with van der Waals surface area (Å²) in [5, 5.41) is 8.77. The number of piperidine rings is 1. The summed E-state index contributed by atoms with van der Waals surface area (Å²) in [5.41, 5.74) is 0.177. The van der Waals surface area contributed by atoms with Crippen molar-refractivity contribution in [3.8, 4) is 6.07 Å². The molecule has 78 valence electrons. The van der Waals surface area contributed by atoms with Crippen LogP contribution in [0.5, 0.6) is 0 Å². The lowest BCUT2D eigenvalue weighted by molar-refractivity contribution is 0.250. The van der Waals surface area contributed by atoms with Crippen molar-refractivity contribution in [3.05, 3.63) is 0 Å². The molecule has 1 spiro atoms. The maximum absolute atomic E-state index is 11.2. The van der Waals surface area contributed by atoms with Gasteiger partial charge in [0.25, 0.3) is 0 Å². The van der Waals surface area contributed by atoms with Crippen molar-refractivity contribution in [2.75, 3.05) is 19.3 Å². The van der Waals surface area contributed by atoms with Gasteiger partial charge in [-0.3, -0.25) is 0 Å². The average molecular weight is 214 g/mol. The predicted molar refractivity (Wildman–Crippen MR) is 51.8 cm³/mol. The third kappa shape index (κ3) is 1.53. The van der Waals surface area contributed by atoms with Crippen molar-refractivity contribution < 1.29 is 8.42 Å². The number of hydrogen-bond acceptors (Lipinski definition) is 3. The summed E-state index contributed by atoms with van der Waals surface area (Å²) < 4.78 is 24.0. The van der Waals surface area contributed by atoms with E-state index in [4.69, 9.17) is 5.26 Å². The Morgan fingerprint density at radius 2 is 2.00 bits per heavy atom. The molecule has 1 saturated heterocycles. The molecule has 1 aliphatic heterocycles. The summed E-state index contributed by atoms with van der Waals surface area (Å²) in [6.45, 7) is 1.19. The summed E-state index contributed by atoms with van der Waals surface area (Å²) >= 11 is 0. The average Bonchev–Trinajstić information content (AvgIpc) is 2.78. The quantitative estimate of drug-likeness (QED) is 0.641. The van der Waals surface area contributed by atoms with E-state index in [-0.39, 0.29) is 11.3 Å². The molecule has 0 N–H and O–H groups in total. The fraction of sp³-hybridized carbons (Fsp3) is 0.889. The molecule has 2 fully saturated rings. The van der Waals surface area contributed by atoms with Crippen LogP contribution >= 0.6 is 0 Å². The number of sulfonamides is 1. The van der Waals surface area contributed by atoms with Crippen LogP contribution in [0, 0.1) is 22.7 Å². The van der Waals surface area contributed by atoms with E-state index in [2.05, 4.69) is 6.07 Å². The van der Waals surface area contributed by atoms with Gasteiger partial charge in [0.2, 0.25) is 10.0 Å². The molecule has 1 aliphatic carbocycles. The Kier molecular flexibility index (Phi) is 2.09. The molecule has 14 heavy (non-hydrogen) atoms. The van der Waals surface area contributed by atoms with E-state index in [9.17, 15) is 8.42 Å². The largest absolute Gasteiger partial charge is 0.213 e. The van der Waals surface area contributed by atoms with Crippen molar-refractivity contribution in [2.45, 2.75) is 19.3 Å². The smallest absolute Gasteiger partial charge is 0.211 e. The number of nitrogens with zero attached hydrogens (tertiary/aromatic N) is 2. The SMILES string of the molecule is CS(=O)(=O)N1CCC2(CC1)CC2C#N. The number of rotatable bonds is 1. The fourth-order valence-electron chi connectivity index (χ4n) is 2.35. The molecule has 1 atom stereocenters. The van der Waals surface area contributed by atoms with E-state index in [0.717, 1.165) is 19.3 Å². The van der Waals surface area contributed by atoms with Crippen LogP contribution in [-0.4, -0.2) is 32.1 Å². The van der Waals surface area contributed by atoms with Crippen LogP contribution in [0.25, 0.3) is 0 Å². The monoisotopic (exact) mass is 214 g/mol. The van der Waals surface area contributed by atoms with Crippen molar-refractivity contribution in [3.63, 3.8) is 0 Å². The van der Waals surface area contributed by atoms with Gasteiger partial charge in [-0.25, -0.2) is 12.7 Å². The van der Waals surface area contributed by atoms with Gasteiger partial charge in [0, 0.05) is 13.1 Å². The Morgan fingerprint density at radius 1 is 1.43 bits per heavy atom. The van der Waals surface area contributed by atoms with E-state index in [1.807, 2.05) is 0 Å². The second kappa shape index (κ2) is 2.94. The van der Waals surface area contributed by atoms with Crippen LogP contribution in [0.4, 0.5) is 0 Å². The van der Waals surface area contributed by atoms with Gasteiger partial charge in [-0.05, 0) is 24.7 Å². The number of nitriles is 1. The van der Waals surface area contributed by atoms with Crippen molar-refractivity contribution in [2.24, 2.45) is 11.3 Å². The van der Waals surface area contributed by atoms with Gasteiger partial charge in [-0.2, -0.15) is 5.26 Å². The zero-order valence-corrected chi connectivity index (χ0v) is 9.05. The maximum atomic E-state index is 11.2. The molecular weight excluding hydrogens is 200 g/mol. The second-order valence-electron chi connectivity index (χ2n) is 4.41. The van der Waals surface area contributed by atoms with Crippen molar-refractivity contribution in [1.82, 2.24) is 4.31 Å². The lowest BCUT2D eigenvalue weighted by atomic mass is 9.92. The van der Waals surface area contributed by atoms with Gasteiger partial charge in [0.1, 0.15) is 0 Å². The lowest BCUT2D eigenvalue weighted by Gasteiger charge is -2.30. The fourth-order valence-corrected chi connectivity index (χ4v) is 3.19. The van der Waals surface area contributed by atoms with E-state index in [1.165, 1.54) is 10.6 Å². The maximum Gasteiger partial charge on any atom is 0.211 e. The van der Waals surface area contributed by atoms with E-state index < -0.39 is 10.0 Å². The molecular formula is C9H14N2O2S. The molecule has 1 unspecified atom stereocenters. The van der Waals surface area contributed by atoms with Crippen LogP contribution in [0.15, 0.2) is 0 Å². The van der Waals surface area contributed by atoms with Crippen LogP contribution in [-0.2, 0) is 10.0 Å². The van der Waals surface area contributed by atoms with Gasteiger partial charge >= 0.3 is 0 Å². The first-order valence-electron chi connectivity index (χ1n) is 4.83. The molecule has 0 amide bonds. The Labute approximate surface area is 84.6 Å². The van der Waals surface area contributed by atoms with Crippen LogP contribution < -0.4 is 0 Å².